The van der Waals surface area contributed by atoms with Gasteiger partial charge >= 0.3 is 0 Å². The van der Waals surface area contributed by atoms with Crippen molar-refractivity contribution in [1.29, 1.82) is 0 Å². The molecule has 3 rings (SSSR count). The maximum Gasteiger partial charge on any atom is 0.251 e. The van der Waals surface area contributed by atoms with Crippen LogP contribution in [0.5, 0.6) is 0 Å². The summed E-state index contributed by atoms with van der Waals surface area (Å²) in [6.45, 7) is 4.45. The minimum absolute atomic E-state index is 0.149. The Labute approximate surface area is 162 Å². The molecule has 1 aromatic rings. The molecule has 1 amide bonds. The Balaban J connectivity index is 1.50. The number of aliphatic imine (C=N–C) groups is 1. The molecule has 2 heterocycles. The van der Waals surface area contributed by atoms with Crippen LogP contribution in [0.25, 0.3) is 0 Å². The second-order valence-corrected chi connectivity index (χ2v) is 7.28. The van der Waals surface area contributed by atoms with E-state index in [1.807, 2.05) is 26.0 Å². The lowest BCUT2D eigenvalue weighted by Crippen LogP contribution is -2.55. The van der Waals surface area contributed by atoms with Crippen LogP contribution in [0.15, 0.2) is 29.3 Å². The first-order valence-electron chi connectivity index (χ1n) is 9.70. The number of benzene rings is 1. The largest absolute Gasteiger partial charge is 0.378 e. The molecular weight excluding hydrogens is 342 g/mol. The van der Waals surface area contributed by atoms with E-state index in [0.717, 1.165) is 51.5 Å². The fraction of sp³-hybridized carbons (Fsp3) is 0.600. The number of nitrogens with zero attached hydrogens (tertiary/aromatic N) is 4. The van der Waals surface area contributed by atoms with E-state index in [9.17, 15) is 4.79 Å². The predicted molar refractivity (Wildman–Crippen MR) is 108 cm³/mol. The molecule has 2 aliphatic rings. The molecule has 0 radical (unpaired) electrons. The maximum absolute atomic E-state index is 12.5. The van der Waals surface area contributed by atoms with Gasteiger partial charge in [0.2, 0.25) is 0 Å². The zero-order valence-corrected chi connectivity index (χ0v) is 16.6. The number of hydrogen-bond donors (Lipinski definition) is 1. The van der Waals surface area contributed by atoms with Crippen LogP contribution < -0.4 is 10.2 Å². The van der Waals surface area contributed by atoms with E-state index in [2.05, 4.69) is 44.4 Å². The third kappa shape index (κ3) is 4.91. The highest BCUT2D eigenvalue weighted by molar-refractivity contribution is 5.82. The number of rotatable bonds is 4. The van der Waals surface area contributed by atoms with Crippen LogP contribution in [0.3, 0.4) is 0 Å². The van der Waals surface area contributed by atoms with Crippen molar-refractivity contribution in [2.75, 3.05) is 58.8 Å². The summed E-state index contributed by atoms with van der Waals surface area (Å²) in [7, 11) is 5.90. The molecule has 1 aromatic carbocycles. The fourth-order valence-corrected chi connectivity index (χ4v) is 3.57. The van der Waals surface area contributed by atoms with E-state index in [-0.39, 0.29) is 12.0 Å². The Kier molecular flexibility index (Phi) is 6.55. The molecule has 148 valence electrons. The minimum Gasteiger partial charge on any atom is -0.378 e. The molecule has 2 fully saturated rings. The summed E-state index contributed by atoms with van der Waals surface area (Å²) in [5.41, 5.74) is 2.40. The van der Waals surface area contributed by atoms with Crippen LogP contribution in [0.2, 0.25) is 0 Å². The third-order valence-electron chi connectivity index (χ3n) is 5.19. The summed E-state index contributed by atoms with van der Waals surface area (Å²) in [6.07, 6.45) is 1.62. The number of carbonyl (C=O) groups is 1. The first kappa shape index (κ1) is 19.5. The van der Waals surface area contributed by atoms with Crippen LogP contribution in [-0.4, -0.2) is 81.7 Å². The summed E-state index contributed by atoms with van der Waals surface area (Å²) in [5.74, 6) is 1.03. The Morgan fingerprint density at radius 2 is 2.00 bits per heavy atom. The van der Waals surface area contributed by atoms with Gasteiger partial charge in [0.05, 0.1) is 0 Å². The van der Waals surface area contributed by atoms with Gasteiger partial charge in [0, 0.05) is 66.2 Å². The van der Waals surface area contributed by atoms with E-state index in [1.54, 1.807) is 0 Å². The van der Waals surface area contributed by atoms with Gasteiger partial charge < -0.3 is 24.8 Å². The molecule has 2 saturated heterocycles. The fourth-order valence-electron chi connectivity index (χ4n) is 3.57. The average Bonchev–Trinajstić information content (AvgIpc) is 3.23. The second-order valence-electron chi connectivity index (χ2n) is 7.28. The summed E-state index contributed by atoms with van der Waals surface area (Å²) in [6, 6.07) is 8.47. The molecule has 7 nitrogen and oxygen atoms in total. The predicted octanol–water partition coefficient (Wildman–Crippen LogP) is 1.15. The molecule has 0 bridgehead atoms. The molecule has 0 spiro atoms. The lowest BCUT2D eigenvalue weighted by Gasteiger charge is -2.37. The molecule has 1 atom stereocenters. The van der Waals surface area contributed by atoms with Crippen molar-refractivity contribution >= 4 is 17.6 Å². The molecule has 0 aromatic heterocycles. The zero-order chi connectivity index (χ0) is 19.2. The van der Waals surface area contributed by atoms with Crippen molar-refractivity contribution in [2.24, 2.45) is 4.99 Å². The highest BCUT2D eigenvalue weighted by Gasteiger charge is 2.30. The zero-order valence-electron chi connectivity index (χ0n) is 16.6. The number of guanidine groups is 1. The average molecular weight is 374 g/mol. The number of carbonyl (C=O) groups excluding carboxylic acids is 1. The van der Waals surface area contributed by atoms with Gasteiger partial charge in [-0.05, 0) is 30.5 Å². The molecule has 7 heteroatoms. The molecule has 0 aliphatic carbocycles. The SMILES string of the molecule is CN=C(NCc1cccc(N(C)C)c1)N1CCN(C(=O)C2CCCO2)CC1. The number of nitrogens with one attached hydrogen (secondary N) is 1. The summed E-state index contributed by atoms with van der Waals surface area (Å²) < 4.78 is 5.53. The first-order chi connectivity index (χ1) is 13.1. The van der Waals surface area contributed by atoms with Crippen molar-refractivity contribution in [3.63, 3.8) is 0 Å². The topological polar surface area (TPSA) is 60.4 Å². The van der Waals surface area contributed by atoms with Gasteiger partial charge in [-0.2, -0.15) is 0 Å². The Morgan fingerprint density at radius 1 is 1.26 bits per heavy atom. The third-order valence-corrected chi connectivity index (χ3v) is 5.19. The van der Waals surface area contributed by atoms with Crippen molar-refractivity contribution in [3.8, 4) is 0 Å². The molecule has 27 heavy (non-hydrogen) atoms. The van der Waals surface area contributed by atoms with Gasteiger partial charge in [-0.15, -0.1) is 0 Å². The van der Waals surface area contributed by atoms with Gasteiger partial charge in [0.15, 0.2) is 5.96 Å². The molecule has 1 N–H and O–H groups in total. The summed E-state index contributed by atoms with van der Waals surface area (Å²) in [4.78, 5) is 23.1. The molecular formula is C20H31N5O2. The summed E-state index contributed by atoms with van der Waals surface area (Å²) in [5, 5.41) is 3.45. The number of ether oxygens (including phenoxy) is 1. The van der Waals surface area contributed by atoms with Crippen molar-refractivity contribution in [1.82, 2.24) is 15.1 Å². The highest BCUT2D eigenvalue weighted by atomic mass is 16.5. The first-order valence-corrected chi connectivity index (χ1v) is 9.70. The van der Waals surface area contributed by atoms with Gasteiger partial charge in [-0.3, -0.25) is 9.79 Å². The van der Waals surface area contributed by atoms with E-state index >= 15 is 0 Å². The Morgan fingerprint density at radius 3 is 2.63 bits per heavy atom. The van der Waals surface area contributed by atoms with Gasteiger partial charge in [0.25, 0.3) is 5.91 Å². The van der Waals surface area contributed by atoms with Crippen LogP contribution in [0, 0.1) is 0 Å². The molecule has 1 unspecified atom stereocenters. The highest BCUT2D eigenvalue weighted by Crippen LogP contribution is 2.16. The second kappa shape index (κ2) is 9.08. The number of anilines is 1. The monoisotopic (exact) mass is 373 g/mol. The molecule has 2 aliphatic heterocycles. The normalized spacial score (nSPS) is 20.7. The van der Waals surface area contributed by atoms with Gasteiger partial charge in [0.1, 0.15) is 6.10 Å². The smallest absolute Gasteiger partial charge is 0.251 e. The lowest BCUT2D eigenvalue weighted by atomic mass is 10.2. The van der Waals surface area contributed by atoms with Crippen molar-refractivity contribution in [3.05, 3.63) is 29.8 Å². The summed E-state index contributed by atoms with van der Waals surface area (Å²) >= 11 is 0. The van der Waals surface area contributed by atoms with Crippen molar-refractivity contribution in [2.45, 2.75) is 25.5 Å². The van der Waals surface area contributed by atoms with E-state index in [4.69, 9.17) is 4.74 Å². The van der Waals surface area contributed by atoms with E-state index in [0.29, 0.717) is 6.61 Å². The van der Waals surface area contributed by atoms with Crippen molar-refractivity contribution < 1.29 is 9.53 Å². The van der Waals surface area contributed by atoms with Crippen LogP contribution >= 0.6 is 0 Å². The van der Waals surface area contributed by atoms with Gasteiger partial charge in [-0.1, -0.05) is 12.1 Å². The van der Waals surface area contributed by atoms with Crippen LogP contribution in [0.4, 0.5) is 5.69 Å². The van der Waals surface area contributed by atoms with Crippen LogP contribution in [0.1, 0.15) is 18.4 Å². The number of amides is 1. The maximum atomic E-state index is 12.5. The number of piperazine rings is 1. The van der Waals surface area contributed by atoms with Crippen LogP contribution in [-0.2, 0) is 16.1 Å². The molecule has 0 saturated carbocycles. The Hall–Kier alpha value is -2.28. The Bertz CT molecular complexity index is 662. The van der Waals surface area contributed by atoms with Gasteiger partial charge in [-0.25, -0.2) is 0 Å². The number of hydrogen-bond acceptors (Lipinski definition) is 4. The lowest BCUT2D eigenvalue weighted by molar-refractivity contribution is -0.142. The standard InChI is InChI=1S/C20H31N5O2/c1-21-20(22-15-16-6-4-7-17(14-16)23(2)3)25-11-9-24(10-12-25)19(26)18-8-5-13-27-18/h4,6-7,14,18H,5,8-13,15H2,1-3H3,(H,21,22). The minimum atomic E-state index is -0.224. The van der Waals surface area contributed by atoms with E-state index in [1.165, 1.54) is 11.3 Å². The van der Waals surface area contributed by atoms with E-state index < -0.39 is 0 Å². The quantitative estimate of drug-likeness (QED) is 0.634.